The Kier molecular flexibility index (Phi) is 5.73. The molecule has 0 saturated carbocycles. The van der Waals surface area contributed by atoms with Crippen molar-refractivity contribution < 1.29 is 22.4 Å². The minimum atomic E-state index is -3.97. The first-order valence-electron chi connectivity index (χ1n) is 8.08. The average molecular weight is 383 g/mol. The first kappa shape index (κ1) is 18.5. The molecule has 1 N–H and O–H groups in total. The van der Waals surface area contributed by atoms with E-state index in [1.54, 1.807) is 42.5 Å². The van der Waals surface area contributed by atoms with Gasteiger partial charge in [0.1, 0.15) is 12.4 Å². The number of nitrogens with one attached hydrogen (secondary N) is 1. The Labute approximate surface area is 157 Å². The number of hydrogen-bond acceptors (Lipinski definition) is 5. The first-order valence-corrected chi connectivity index (χ1v) is 9.63. The molecule has 1 amide bonds. The largest absolute Gasteiger partial charge is 0.489 e. The maximum Gasteiger partial charge on any atom is 0.301 e. The number of amides is 1. The fourth-order valence-corrected chi connectivity index (χ4v) is 3.02. The lowest BCUT2D eigenvalue weighted by atomic mass is 10.2. The summed E-state index contributed by atoms with van der Waals surface area (Å²) in [6, 6.07) is 19.5. The third-order valence-electron chi connectivity index (χ3n) is 3.56. The summed E-state index contributed by atoms with van der Waals surface area (Å²) in [4.78, 5) is 12.3. The van der Waals surface area contributed by atoms with Crippen molar-refractivity contribution in [2.24, 2.45) is 0 Å². The number of benzene rings is 2. The number of hydrogen-bond donors (Lipinski definition) is 1. The summed E-state index contributed by atoms with van der Waals surface area (Å²) in [5.41, 5.74) is 1.14. The normalized spacial score (nSPS) is 11.4. The highest BCUT2D eigenvalue weighted by molar-refractivity contribution is 7.93. The zero-order chi connectivity index (χ0) is 19.1. The van der Waals surface area contributed by atoms with Gasteiger partial charge in [-0.05, 0) is 29.8 Å². The quantitative estimate of drug-likeness (QED) is 0.674. The Hall–Kier alpha value is -3.32. The molecule has 0 radical (unpaired) electrons. The summed E-state index contributed by atoms with van der Waals surface area (Å²) in [6.45, 7) is 0.0726. The van der Waals surface area contributed by atoms with Gasteiger partial charge in [0.15, 0.2) is 5.76 Å². The van der Waals surface area contributed by atoms with Gasteiger partial charge in [0.25, 0.3) is 10.0 Å². The minimum absolute atomic E-state index is 0.0726. The molecule has 0 unspecified atom stereocenters. The van der Waals surface area contributed by atoms with Crippen LogP contribution in [0.15, 0.2) is 82.8 Å². The average Bonchev–Trinajstić information content (AvgIpc) is 3.15. The molecule has 3 rings (SSSR count). The Morgan fingerprint density at radius 2 is 1.67 bits per heavy atom. The van der Waals surface area contributed by atoms with E-state index in [0.717, 1.165) is 5.41 Å². The number of furan rings is 1. The van der Waals surface area contributed by atoms with Crippen molar-refractivity contribution >= 4 is 22.0 Å². The molecule has 0 fully saturated rings. The second kappa shape index (κ2) is 8.37. The van der Waals surface area contributed by atoms with E-state index < -0.39 is 15.9 Å². The summed E-state index contributed by atoms with van der Waals surface area (Å²) >= 11 is 0. The molecule has 7 heteroatoms. The second-order valence-electron chi connectivity index (χ2n) is 5.57. The molecule has 1 aromatic heterocycles. The number of carbonyl (C=O) groups excluding carboxylic acids is 1. The number of sulfonamides is 1. The summed E-state index contributed by atoms with van der Waals surface area (Å²) in [5, 5.41) is 0.934. The van der Waals surface area contributed by atoms with Gasteiger partial charge in [-0.25, -0.2) is 13.1 Å². The fourth-order valence-electron chi connectivity index (χ4n) is 2.27. The molecule has 6 nitrogen and oxygen atoms in total. The van der Waals surface area contributed by atoms with Gasteiger partial charge >= 0.3 is 5.91 Å². The van der Waals surface area contributed by atoms with Crippen LogP contribution in [-0.2, 0) is 16.6 Å². The van der Waals surface area contributed by atoms with Crippen molar-refractivity contribution in [3.8, 4) is 5.75 Å². The minimum Gasteiger partial charge on any atom is -0.489 e. The Morgan fingerprint density at radius 1 is 1.00 bits per heavy atom. The molecule has 0 aliphatic heterocycles. The van der Waals surface area contributed by atoms with Gasteiger partial charge in [-0.2, -0.15) is 0 Å². The summed E-state index contributed by atoms with van der Waals surface area (Å²) in [7, 11) is -3.97. The highest BCUT2D eigenvalue weighted by Crippen LogP contribution is 2.16. The monoisotopic (exact) mass is 383 g/mol. The lowest BCUT2D eigenvalue weighted by Gasteiger charge is -2.06. The first-order chi connectivity index (χ1) is 13.0. The van der Waals surface area contributed by atoms with E-state index in [1.165, 1.54) is 12.3 Å². The molecule has 0 spiro atoms. The van der Waals surface area contributed by atoms with Gasteiger partial charge in [-0.1, -0.05) is 48.5 Å². The van der Waals surface area contributed by atoms with Crippen LogP contribution >= 0.6 is 0 Å². The van der Waals surface area contributed by atoms with Crippen molar-refractivity contribution in [2.75, 3.05) is 0 Å². The summed E-state index contributed by atoms with van der Waals surface area (Å²) in [6.07, 6.45) is 2.71. The fraction of sp³-hybridized carbons (Fsp3) is 0.0500. The van der Waals surface area contributed by atoms with E-state index in [-0.39, 0.29) is 12.4 Å². The molecule has 27 heavy (non-hydrogen) atoms. The van der Waals surface area contributed by atoms with Gasteiger partial charge in [0.05, 0.1) is 11.7 Å². The Morgan fingerprint density at radius 3 is 2.37 bits per heavy atom. The van der Waals surface area contributed by atoms with E-state index in [0.29, 0.717) is 16.9 Å². The highest BCUT2D eigenvalue weighted by atomic mass is 32.2. The molecule has 138 valence electrons. The van der Waals surface area contributed by atoms with Crippen LogP contribution in [0.4, 0.5) is 0 Å². The molecule has 0 aliphatic carbocycles. The van der Waals surface area contributed by atoms with Crippen molar-refractivity contribution in [3.63, 3.8) is 0 Å². The molecule has 2 aromatic carbocycles. The molecular weight excluding hydrogens is 366 g/mol. The van der Waals surface area contributed by atoms with Gasteiger partial charge in [0.2, 0.25) is 0 Å². The smallest absolute Gasteiger partial charge is 0.301 e. The van der Waals surface area contributed by atoms with Crippen LogP contribution in [0.3, 0.4) is 0 Å². The molecular formula is C20H17NO5S. The van der Waals surface area contributed by atoms with Gasteiger partial charge in [-0.3, -0.25) is 4.79 Å². The van der Waals surface area contributed by atoms with Crippen LogP contribution in [0.2, 0.25) is 0 Å². The predicted octanol–water partition coefficient (Wildman–Crippen LogP) is 3.59. The lowest BCUT2D eigenvalue weighted by Crippen LogP contribution is -2.29. The van der Waals surface area contributed by atoms with Crippen LogP contribution in [0.1, 0.15) is 21.7 Å². The third-order valence-corrected chi connectivity index (χ3v) is 4.53. The zero-order valence-corrected chi connectivity index (χ0v) is 15.1. The van der Waals surface area contributed by atoms with Crippen molar-refractivity contribution in [1.29, 1.82) is 0 Å². The van der Waals surface area contributed by atoms with Gasteiger partial charge in [-0.15, -0.1) is 0 Å². The Bertz CT molecular complexity index is 1020. The summed E-state index contributed by atoms with van der Waals surface area (Å²) in [5.74, 6) is -0.338. The van der Waals surface area contributed by atoms with Crippen LogP contribution in [0.5, 0.6) is 5.75 Å². The number of para-hydroxylation sites is 1. The topological polar surface area (TPSA) is 85.6 Å². The van der Waals surface area contributed by atoms with Crippen LogP contribution in [-0.4, -0.2) is 14.3 Å². The Balaban J connectivity index is 1.66. The van der Waals surface area contributed by atoms with E-state index in [9.17, 15) is 13.2 Å². The molecule has 0 aliphatic rings. The number of ether oxygens (including phenoxy) is 1. The van der Waals surface area contributed by atoms with Gasteiger partial charge in [0, 0.05) is 5.56 Å². The highest BCUT2D eigenvalue weighted by Gasteiger charge is 2.20. The van der Waals surface area contributed by atoms with E-state index >= 15 is 0 Å². The van der Waals surface area contributed by atoms with E-state index in [2.05, 4.69) is 0 Å². The maximum absolute atomic E-state index is 12.3. The van der Waals surface area contributed by atoms with E-state index in [1.807, 2.05) is 29.0 Å². The molecule has 0 atom stereocenters. The summed E-state index contributed by atoms with van der Waals surface area (Å²) < 4.78 is 36.9. The standard InChI is InChI=1S/C20H17NO5S/c22-20(21-27(23,24)14-12-16-7-3-1-4-8-16)19-17(11-13-25-19)15-26-18-9-5-2-6-10-18/h1-14H,15H2,(H,21,22)/b14-12+. The SMILES string of the molecule is O=C(NS(=O)(=O)/C=C/c1ccccc1)c1occc1COc1ccccc1. The molecule has 0 bridgehead atoms. The van der Waals surface area contributed by atoms with Gasteiger partial charge < -0.3 is 9.15 Å². The maximum atomic E-state index is 12.3. The van der Waals surface area contributed by atoms with E-state index in [4.69, 9.17) is 9.15 Å². The van der Waals surface area contributed by atoms with Crippen molar-refractivity contribution in [3.05, 3.63) is 95.3 Å². The lowest BCUT2D eigenvalue weighted by molar-refractivity contribution is 0.0951. The third kappa shape index (κ3) is 5.32. The zero-order valence-electron chi connectivity index (χ0n) is 14.2. The van der Waals surface area contributed by atoms with Crippen LogP contribution in [0.25, 0.3) is 6.08 Å². The molecule has 0 saturated heterocycles. The number of carbonyl (C=O) groups is 1. The predicted molar refractivity (Wildman–Crippen MR) is 101 cm³/mol. The van der Waals surface area contributed by atoms with Crippen LogP contribution < -0.4 is 9.46 Å². The second-order valence-corrected chi connectivity index (χ2v) is 7.13. The molecule has 3 aromatic rings. The van der Waals surface area contributed by atoms with Crippen LogP contribution in [0, 0.1) is 0 Å². The molecule has 1 heterocycles. The van der Waals surface area contributed by atoms with Crippen molar-refractivity contribution in [1.82, 2.24) is 4.72 Å². The van der Waals surface area contributed by atoms with Crippen molar-refractivity contribution in [2.45, 2.75) is 6.61 Å². The number of rotatable bonds is 7.